The molecule has 1 unspecified atom stereocenters. The van der Waals surface area contributed by atoms with Gasteiger partial charge < -0.3 is 0 Å². The van der Waals surface area contributed by atoms with Crippen LogP contribution < -0.4 is 5.56 Å². The van der Waals surface area contributed by atoms with Gasteiger partial charge in [0.2, 0.25) is 0 Å². The molecule has 0 radical (unpaired) electrons. The van der Waals surface area contributed by atoms with E-state index < -0.39 is 0 Å². The molecule has 0 saturated heterocycles. The van der Waals surface area contributed by atoms with Crippen LogP contribution in [0.1, 0.15) is 43.0 Å². The average Bonchev–Trinajstić information content (AvgIpc) is 3.00. The fraction of sp³-hybridized carbons (Fsp3) is 0.261. The molecule has 1 heterocycles. The van der Waals surface area contributed by atoms with Crippen LogP contribution >= 0.6 is 0 Å². The monoisotopic (exact) mass is 374 g/mol. The Kier molecular flexibility index (Phi) is 6.04. The third kappa shape index (κ3) is 4.03. The van der Waals surface area contributed by atoms with Crippen molar-refractivity contribution in [3.8, 4) is 5.69 Å². The number of aromatic nitrogens is 2. The van der Waals surface area contributed by atoms with E-state index in [1.165, 1.54) is 4.68 Å². The van der Waals surface area contributed by atoms with Crippen molar-refractivity contribution in [1.29, 1.82) is 0 Å². The van der Waals surface area contributed by atoms with E-state index in [0.717, 1.165) is 35.3 Å². The Morgan fingerprint density at radius 3 is 2.54 bits per heavy atom. The number of aromatic amines is 1. The molecule has 5 nitrogen and oxygen atoms in total. The molecule has 0 spiro atoms. The molecular formula is C23H26N4O. The summed E-state index contributed by atoms with van der Waals surface area (Å²) in [6.07, 6.45) is 3.67. The van der Waals surface area contributed by atoms with Gasteiger partial charge in [-0.15, -0.1) is 11.7 Å². The summed E-state index contributed by atoms with van der Waals surface area (Å²) in [6, 6.07) is 15.7. The van der Waals surface area contributed by atoms with Gasteiger partial charge in [-0.2, -0.15) is 5.11 Å². The SMILES string of the molecule is C=CCc1ccc(-n2[nH]c(C)c(/N=N/c3ccccc3C(C)CC)c2=O)cc1. The first-order valence-electron chi connectivity index (χ1n) is 9.57. The van der Waals surface area contributed by atoms with E-state index in [2.05, 4.69) is 41.8 Å². The second-order valence-electron chi connectivity index (χ2n) is 6.95. The van der Waals surface area contributed by atoms with Gasteiger partial charge in [0.25, 0.3) is 5.56 Å². The van der Waals surface area contributed by atoms with Crippen molar-refractivity contribution in [2.24, 2.45) is 10.2 Å². The van der Waals surface area contributed by atoms with Crippen LogP contribution in [0.2, 0.25) is 0 Å². The van der Waals surface area contributed by atoms with Crippen molar-refractivity contribution < 1.29 is 0 Å². The van der Waals surface area contributed by atoms with E-state index >= 15 is 0 Å². The van der Waals surface area contributed by atoms with Gasteiger partial charge in [-0.1, -0.05) is 50.3 Å². The second kappa shape index (κ2) is 8.65. The molecule has 0 aliphatic carbocycles. The summed E-state index contributed by atoms with van der Waals surface area (Å²) in [5, 5.41) is 11.8. The summed E-state index contributed by atoms with van der Waals surface area (Å²) in [5.74, 6) is 0.383. The maximum atomic E-state index is 12.9. The molecule has 1 N–H and O–H groups in total. The molecule has 0 amide bonds. The van der Waals surface area contributed by atoms with Crippen LogP contribution in [-0.2, 0) is 6.42 Å². The molecule has 144 valence electrons. The van der Waals surface area contributed by atoms with Gasteiger partial charge in [0.15, 0.2) is 5.69 Å². The zero-order valence-corrected chi connectivity index (χ0v) is 16.6. The van der Waals surface area contributed by atoms with E-state index in [1.807, 2.05) is 55.5 Å². The van der Waals surface area contributed by atoms with Crippen LogP contribution in [0.15, 0.2) is 76.2 Å². The maximum Gasteiger partial charge on any atom is 0.299 e. The van der Waals surface area contributed by atoms with E-state index in [-0.39, 0.29) is 5.56 Å². The topological polar surface area (TPSA) is 62.5 Å². The lowest BCUT2D eigenvalue weighted by molar-refractivity contribution is 0.733. The van der Waals surface area contributed by atoms with E-state index in [0.29, 0.717) is 17.3 Å². The number of allylic oxidation sites excluding steroid dienone is 1. The third-order valence-electron chi connectivity index (χ3n) is 4.95. The molecule has 0 saturated carbocycles. The largest absolute Gasteiger partial charge is 0.299 e. The van der Waals surface area contributed by atoms with Gasteiger partial charge in [-0.3, -0.25) is 9.89 Å². The van der Waals surface area contributed by atoms with Gasteiger partial charge >= 0.3 is 0 Å². The summed E-state index contributed by atoms with van der Waals surface area (Å²) >= 11 is 0. The molecule has 2 aromatic carbocycles. The number of hydrogen-bond donors (Lipinski definition) is 1. The molecule has 28 heavy (non-hydrogen) atoms. The molecule has 3 aromatic rings. The Morgan fingerprint density at radius 1 is 1.14 bits per heavy atom. The molecule has 0 aliphatic rings. The zero-order chi connectivity index (χ0) is 20.1. The molecule has 0 aliphatic heterocycles. The van der Waals surface area contributed by atoms with Gasteiger partial charge in [0.05, 0.1) is 17.1 Å². The van der Waals surface area contributed by atoms with Gasteiger partial charge in [0.1, 0.15) is 0 Å². The summed E-state index contributed by atoms with van der Waals surface area (Å²) in [7, 11) is 0. The lowest BCUT2D eigenvalue weighted by Crippen LogP contribution is -2.14. The number of nitrogens with one attached hydrogen (secondary N) is 1. The Hall–Kier alpha value is -3.21. The zero-order valence-electron chi connectivity index (χ0n) is 16.6. The van der Waals surface area contributed by atoms with Crippen LogP contribution in [0, 0.1) is 6.92 Å². The highest BCUT2D eigenvalue weighted by molar-refractivity contribution is 5.49. The Bertz CT molecular complexity index is 1040. The van der Waals surface area contributed by atoms with E-state index in [1.54, 1.807) is 0 Å². The number of rotatable bonds is 7. The van der Waals surface area contributed by atoms with Crippen LogP contribution in [0.5, 0.6) is 0 Å². The van der Waals surface area contributed by atoms with Crippen molar-refractivity contribution in [3.05, 3.63) is 88.4 Å². The van der Waals surface area contributed by atoms with Crippen molar-refractivity contribution in [1.82, 2.24) is 9.78 Å². The van der Waals surface area contributed by atoms with Crippen LogP contribution in [0.25, 0.3) is 5.69 Å². The first kappa shape index (κ1) is 19.5. The van der Waals surface area contributed by atoms with E-state index in [9.17, 15) is 4.79 Å². The summed E-state index contributed by atoms with van der Waals surface area (Å²) in [6.45, 7) is 9.89. The van der Waals surface area contributed by atoms with Gasteiger partial charge in [-0.25, -0.2) is 4.68 Å². The minimum Gasteiger partial charge on any atom is -0.293 e. The van der Waals surface area contributed by atoms with Crippen LogP contribution in [-0.4, -0.2) is 9.78 Å². The summed E-state index contributed by atoms with van der Waals surface area (Å²) in [4.78, 5) is 12.9. The molecule has 1 aromatic heterocycles. The Morgan fingerprint density at radius 2 is 1.86 bits per heavy atom. The van der Waals surface area contributed by atoms with Crippen molar-refractivity contribution in [2.45, 2.75) is 39.5 Å². The average molecular weight is 374 g/mol. The minimum absolute atomic E-state index is 0.209. The molecule has 3 rings (SSSR count). The summed E-state index contributed by atoms with van der Waals surface area (Å²) in [5.41, 5.74) is 4.66. The normalized spacial score (nSPS) is 12.4. The van der Waals surface area contributed by atoms with Crippen LogP contribution in [0.4, 0.5) is 11.4 Å². The number of aryl methyl sites for hydroxylation is 1. The highest BCUT2D eigenvalue weighted by Crippen LogP contribution is 2.30. The fourth-order valence-electron chi connectivity index (χ4n) is 3.10. The van der Waals surface area contributed by atoms with E-state index in [4.69, 9.17) is 0 Å². The number of hydrogen-bond acceptors (Lipinski definition) is 3. The summed E-state index contributed by atoms with van der Waals surface area (Å²) < 4.78 is 1.50. The van der Waals surface area contributed by atoms with Gasteiger partial charge in [-0.05, 0) is 55.0 Å². The molecular weight excluding hydrogens is 348 g/mol. The Labute approximate surface area is 165 Å². The third-order valence-corrected chi connectivity index (χ3v) is 4.95. The van der Waals surface area contributed by atoms with Crippen LogP contribution in [0.3, 0.4) is 0 Å². The molecule has 5 heteroatoms. The van der Waals surface area contributed by atoms with Gasteiger partial charge in [0, 0.05) is 0 Å². The number of nitrogens with zero attached hydrogens (tertiary/aromatic N) is 3. The lowest BCUT2D eigenvalue weighted by Gasteiger charge is -2.10. The fourth-order valence-corrected chi connectivity index (χ4v) is 3.10. The first-order valence-corrected chi connectivity index (χ1v) is 9.57. The molecule has 1 atom stereocenters. The quantitative estimate of drug-likeness (QED) is 0.392. The van der Waals surface area contributed by atoms with Crippen molar-refractivity contribution in [2.75, 3.05) is 0 Å². The molecule has 0 bridgehead atoms. The van der Waals surface area contributed by atoms with Crippen molar-refractivity contribution >= 4 is 11.4 Å². The van der Waals surface area contributed by atoms with Crippen molar-refractivity contribution in [3.63, 3.8) is 0 Å². The number of H-pyrrole nitrogens is 1. The second-order valence-corrected chi connectivity index (χ2v) is 6.95. The minimum atomic E-state index is -0.209. The lowest BCUT2D eigenvalue weighted by atomic mass is 9.97. The standard InChI is InChI=1S/C23H26N4O/c1-5-9-18-12-14-19(15-13-18)27-23(28)22(17(4)26-27)25-24-21-11-8-7-10-20(21)16(3)6-2/h5,7-8,10-16,26H,1,6,9H2,2-4H3/b25-24+. The predicted octanol–water partition coefficient (Wildman–Crippen LogP) is 6.13. The maximum absolute atomic E-state index is 12.9. The number of azo groups is 1. The highest BCUT2D eigenvalue weighted by Gasteiger charge is 2.13. The Balaban J connectivity index is 1.94. The first-order chi connectivity index (χ1) is 13.5. The number of benzene rings is 2. The highest BCUT2D eigenvalue weighted by atomic mass is 16.1. The molecule has 0 fully saturated rings. The smallest absolute Gasteiger partial charge is 0.293 e. The predicted molar refractivity (Wildman–Crippen MR) is 114 cm³/mol.